The average molecular weight is 380 g/mol. The summed E-state index contributed by atoms with van der Waals surface area (Å²) in [7, 11) is 0. The molecule has 1 amide bonds. The van der Waals surface area contributed by atoms with E-state index in [1.807, 2.05) is 4.90 Å². The predicted molar refractivity (Wildman–Crippen MR) is 96.6 cm³/mol. The first-order valence-corrected chi connectivity index (χ1v) is 7.82. The van der Waals surface area contributed by atoms with Gasteiger partial charge in [-0.3, -0.25) is 4.79 Å². The first-order valence-electron chi connectivity index (χ1n) is 7.82. The molecule has 0 aromatic heterocycles. The molecule has 5 nitrogen and oxygen atoms in total. The van der Waals surface area contributed by atoms with Crippen LogP contribution < -0.4 is 10.6 Å². The molecule has 8 heteroatoms. The molecule has 2 saturated heterocycles. The van der Waals surface area contributed by atoms with Gasteiger partial charge in [-0.1, -0.05) is 0 Å². The molecule has 0 aliphatic carbocycles. The third kappa shape index (κ3) is 4.72. The number of amides is 1. The fraction of sp³-hybridized carbons (Fsp3) is 0.562. The summed E-state index contributed by atoms with van der Waals surface area (Å²) >= 11 is 0. The molecule has 2 N–H and O–H groups in total. The number of anilines is 1. The molecule has 0 unspecified atom stereocenters. The van der Waals surface area contributed by atoms with Crippen molar-refractivity contribution in [2.45, 2.75) is 25.0 Å². The summed E-state index contributed by atoms with van der Waals surface area (Å²) in [5.41, 5.74) is 6.58. The maximum absolute atomic E-state index is 13.0. The lowest BCUT2D eigenvalue weighted by Gasteiger charge is -2.37. The van der Waals surface area contributed by atoms with Crippen LogP contribution in [0.5, 0.6) is 0 Å². The van der Waals surface area contributed by atoms with Crippen molar-refractivity contribution in [2.24, 2.45) is 5.73 Å². The molecule has 0 bridgehead atoms. The van der Waals surface area contributed by atoms with Gasteiger partial charge in [-0.25, -0.2) is 4.39 Å². The Morgan fingerprint density at radius 3 is 2.29 bits per heavy atom. The lowest BCUT2D eigenvalue weighted by atomic mass is 10.1. The van der Waals surface area contributed by atoms with Crippen LogP contribution in [0.2, 0.25) is 0 Å². The minimum absolute atomic E-state index is 0. The molecule has 2 aliphatic rings. The van der Waals surface area contributed by atoms with Crippen LogP contribution in [0.4, 0.5) is 10.1 Å². The number of halogens is 3. The summed E-state index contributed by atoms with van der Waals surface area (Å²) in [6, 6.07) is 6.48. The van der Waals surface area contributed by atoms with E-state index in [0.717, 1.165) is 31.6 Å². The Kier molecular flexibility index (Phi) is 8.22. The minimum Gasteiger partial charge on any atom is -0.368 e. The highest BCUT2D eigenvalue weighted by atomic mass is 35.5. The number of carbonyl (C=O) groups is 1. The highest BCUT2D eigenvalue weighted by Gasteiger charge is 2.34. The molecule has 2 atom stereocenters. The van der Waals surface area contributed by atoms with Gasteiger partial charge in [0.2, 0.25) is 0 Å². The van der Waals surface area contributed by atoms with Crippen LogP contribution in [0.15, 0.2) is 24.3 Å². The van der Waals surface area contributed by atoms with Crippen LogP contribution in [-0.4, -0.2) is 55.7 Å². The van der Waals surface area contributed by atoms with Crippen molar-refractivity contribution in [3.63, 3.8) is 0 Å². The maximum Gasteiger partial charge on any atom is 0.251 e. The molecular weight excluding hydrogens is 356 g/mol. The van der Waals surface area contributed by atoms with E-state index in [9.17, 15) is 9.18 Å². The van der Waals surface area contributed by atoms with Gasteiger partial charge in [0, 0.05) is 38.4 Å². The van der Waals surface area contributed by atoms with Crippen molar-refractivity contribution in [3.05, 3.63) is 30.1 Å². The third-order valence-electron chi connectivity index (χ3n) is 4.43. The van der Waals surface area contributed by atoms with Gasteiger partial charge in [0.15, 0.2) is 0 Å². The standard InChI is InChI=1S/C16H22FN3O2.2ClH/c17-12-1-3-13(4-2-12)19-7-9-20(10-8-19)16(21)15-6-5-14(11-18)22-15;;/h1-4,14-15H,5-11,18H2;2*1H/t14-,15+;;/m1../s1. The molecule has 2 heterocycles. The Morgan fingerprint density at radius 2 is 1.75 bits per heavy atom. The quantitative estimate of drug-likeness (QED) is 0.869. The van der Waals surface area contributed by atoms with Gasteiger partial charge in [-0.2, -0.15) is 0 Å². The second-order valence-corrected chi connectivity index (χ2v) is 5.85. The molecule has 0 radical (unpaired) electrons. The number of rotatable bonds is 3. The summed E-state index contributed by atoms with van der Waals surface area (Å²) in [5.74, 6) is -0.153. The van der Waals surface area contributed by atoms with Crippen LogP contribution in [0.1, 0.15) is 12.8 Å². The number of benzene rings is 1. The number of carbonyl (C=O) groups excluding carboxylic acids is 1. The lowest BCUT2D eigenvalue weighted by molar-refractivity contribution is -0.143. The summed E-state index contributed by atoms with van der Waals surface area (Å²) < 4.78 is 18.6. The monoisotopic (exact) mass is 379 g/mol. The van der Waals surface area contributed by atoms with Crippen LogP contribution in [-0.2, 0) is 9.53 Å². The highest BCUT2D eigenvalue weighted by Crippen LogP contribution is 2.22. The zero-order valence-corrected chi connectivity index (χ0v) is 15.0. The molecule has 3 rings (SSSR count). The van der Waals surface area contributed by atoms with E-state index in [-0.39, 0.29) is 48.7 Å². The number of nitrogens with zero attached hydrogens (tertiary/aromatic N) is 2. The van der Waals surface area contributed by atoms with Crippen molar-refractivity contribution >= 4 is 36.4 Å². The summed E-state index contributed by atoms with van der Waals surface area (Å²) in [5, 5.41) is 0. The number of ether oxygens (including phenoxy) is 1. The molecule has 1 aromatic carbocycles. The van der Waals surface area contributed by atoms with E-state index < -0.39 is 0 Å². The van der Waals surface area contributed by atoms with Crippen LogP contribution in [0, 0.1) is 5.82 Å². The Balaban J connectivity index is 0.00000144. The molecule has 2 aliphatic heterocycles. The van der Waals surface area contributed by atoms with Crippen LogP contribution >= 0.6 is 24.8 Å². The van der Waals surface area contributed by atoms with Crippen molar-refractivity contribution in [2.75, 3.05) is 37.6 Å². The molecule has 1 aromatic rings. The van der Waals surface area contributed by atoms with E-state index >= 15 is 0 Å². The Hall–Kier alpha value is -1.08. The van der Waals surface area contributed by atoms with Crippen molar-refractivity contribution < 1.29 is 13.9 Å². The van der Waals surface area contributed by atoms with Crippen LogP contribution in [0.25, 0.3) is 0 Å². The van der Waals surface area contributed by atoms with E-state index in [2.05, 4.69) is 4.90 Å². The lowest BCUT2D eigenvalue weighted by Crippen LogP contribution is -2.51. The SMILES string of the molecule is Cl.Cl.NC[C@H]1CC[C@@H](C(=O)N2CCN(c3ccc(F)cc3)CC2)O1. The van der Waals surface area contributed by atoms with E-state index in [1.54, 1.807) is 12.1 Å². The minimum atomic E-state index is -0.328. The number of hydrogen-bond acceptors (Lipinski definition) is 4. The zero-order valence-electron chi connectivity index (χ0n) is 13.4. The third-order valence-corrected chi connectivity index (χ3v) is 4.43. The second kappa shape index (κ2) is 9.42. The predicted octanol–water partition coefficient (Wildman–Crippen LogP) is 1.82. The average Bonchev–Trinajstić information content (AvgIpc) is 3.04. The van der Waals surface area contributed by atoms with Gasteiger partial charge in [0.25, 0.3) is 5.91 Å². The van der Waals surface area contributed by atoms with Crippen molar-refractivity contribution in [1.29, 1.82) is 0 Å². The normalized spacial score (nSPS) is 23.4. The van der Waals surface area contributed by atoms with Gasteiger partial charge >= 0.3 is 0 Å². The van der Waals surface area contributed by atoms with Crippen molar-refractivity contribution in [3.8, 4) is 0 Å². The van der Waals surface area contributed by atoms with Gasteiger partial charge in [-0.05, 0) is 37.1 Å². The highest BCUT2D eigenvalue weighted by molar-refractivity contribution is 5.85. The summed E-state index contributed by atoms with van der Waals surface area (Å²) in [6.45, 7) is 3.32. The zero-order chi connectivity index (χ0) is 15.5. The van der Waals surface area contributed by atoms with Crippen molar-refractivity contribution in [1.82, 2.24) is 4.90 Å². The molecule has 0 saturated carbocycles. The van der Waals surface area contributed by atoms with Gasteiger partial charge in [-0.15, -0.1) is 24.8 Å². The first-order chi connectivity index (χ1) is 10.7. The number of piperazine rings is 1. The van der Waals surface area contributed by atoms with Gasteiger partial charge < -0.3 is 20.3 Å². The molecular formula is C16H24Cl2FN3O2. The Bertz CT molecular complexity index is 525. The Morgan fingerprint density at radius 1 is 1.12 bits per heavy atom. The van der Waals surface area contributed by atoms with Gasteiger partial charge in [0.05, 0.1) is 6.10 Å². The molecule has 2 fully saturated rings. The number of nitrogens with two attached hydrogens (primary N) is 1. The van der Waals surface area contributed by atoms with E-state index in [4.69, 9.17) is 10.5 Å². The molecule has 136 valence electrons. The molecule has 24 heavy (non-hydrogen) atoms. The summed E-state index contributed by atoms with van der Waals surface area (Å²) in [6.07, 6.45) is 1.32. The Labute approximate surface area is 154 Å². The second-order valence-electron chi connectivity index (χ2n) is 5.85. The topological polar surface area (TPSA) is 58.8 Å². The summed E-state index contributed by atoms with van der Waals surface area (Å²) in [4.78, 5) is 16.5. The van der Waals surface area contributed by atoms with E-state index in [1.165, 1.54) is 12.1 Å². The van der Waals surface area contributed by atoms with Gasteiger partial charge in [0.1, 0.15) is 11.9 Å². The first kappa shape index (κ1) is 21.0. The van der Waals surface area contributed by atoms with Crippen LogP contribution in [0.3, 0.4) is 0 Å². The smallest absolute Gasteiger partial charge is 0.251 e. The van der Waals surface area contributed by atoms with E-state index in [0.29, 0.717) is 19.6 Å². The molecule has 0 spiro atoms. The fourth-order valence-corrected chi connectivity index (χ4v) is 3.10. The number of hydrogen-bond donors (Lipinski definition) is 1. The maximum atomic E-state index is 13.0. The largest absolute Gasteiger partial charge is 0.368 e. The fourth-order valence-electron chi connectivity index (χ4n) is 3.10.